The molecule has 0 amide bonds. The number of methoxy groups -OCH3 is 1. The van der Waals surface area contributed by atoms with E-state index in [1.807, 2.05) is 24.3 Å². The molecule has 0 aliphatic rings. The molecule has 1 heterocycles. The molecule has 3 nitrogen and oxygen atoms in total. The highest BCUT2D eigenvalue weighted by molar-refractivity contribution is 5.97. The lowest BCUT2D eigenvalue weighted by Crippen LogP contribution is -2.03. The van der Waals surface area contributed by atoms with Crippen molar-refractivity contribution in [2.24, 2.45) is 0 Å². The van der Waals surface area contributed by atoms with Gasteiger partial charge in [0.2, 0.25) is 0 Å². The molecule has 2 rings (SSSR count). The van der Waals surface area contributed by atoms with Gasteiger partial charge in [-0.25, -0.2) is 0 Å². The second-order valence-corrected chi connectivity index (χ2v) is 3.42. The van der Waals surface area contributed by atoms with Crippen molar-refractivity contribution in [3.63, 3.8) is 0 Å². The number of ether oxygens (including phenoxy) is 1. The monoisotopic (exact) mass is 216 g/mol. The van der Waals surface area contributed by atoms with Crippen LogP contribution in [0.3, 0.4) is 0 Å². The van der Waals surface area contributed by atoms with E-state index in [2.05, 4.69) is 0 Å². The SMILES string of the molecule is COc1ccccc1CC(=O)c1ccoc1. The van der Waals surface area contributed by atoms with Gasteiger partial charge < -0.3 is 9.15 Å². The number of carbonyl (C=O) groups is 1. The Hall–Kier alpha value is -2.03. The predicted molar refractivity (Wildman–Crippen MR) is 59.7 cm³/mol. The van der Waals surface area contributed by atoms with Crippen LogP contribution in [0, 0.1) is 0 Å². The Kier molecular flexibility index (Phi) is 3.05. The molecule has 0 atom stereocenters. The minimum Gasteiger partial charge on any atom is -0.496 e. The molecule has 2 aromatic rings. The number of ketones is 1. The molecule has 0 unspecified atom stereocenters. The first-order chi connectivity index (χ1) is 7.81. The van der Waals surface area contributed by atoms with E-state index in [0.717, 1.165) is 11.3 Å². The molecule has 0 saturated heterocycles. The van der Waals surface area contributed by atoms with E-state index in [-0.39, 0.29) is 5.78 Å². The minimum atomic E-state index is 0.0262. The van der Waals surface area contributed by atoms with Crippen molar-refractivity contribution in [1.29, 1.82) is 0 Å². The van der Waals surface area contributed by atoms with Gasteiger partial charge in [0.25, 0.3) is 0 Å². The molecule has 0 radical (unpaired) electrons. The van der Waals surface area contributed by atoms with E-state index in [9.17, 15) is 4.79 Å². The van der Waals surface area contributed by atoms with Crippen molar-refractivity contribution in [3.8, 4) is 5.75 Å². The lowest BCUT2D eigenvalue weighted by molar-refractivity contribution is 0.0991. The summed E-state index contributed by atoms with van der Waals surface area (Å²) in [5.74, 6) is 0.762. The van der Waals surface area contributed by atoms with Gasteiger partial charge in [-0.15, -0.1) is 0 Å². The van der Waals surface area contributed by atoms with E-state index >= 15 is 0 Å². The number of carbonyl (C=O) groups excluding carboxylic acids is 1. The molecular weight excluding hydrogens is 204 g/mol. The van der Waals surface area contributed by atoms with Crippen LogP contribution in [0.25, 0.3) is 0 Å². The highest BCUT2D eigenvalue weighted by Gasteiger charge is 2.11. The fourth-order valence-electron chi connectivity index (χ4n) is 1.55. The van der Waals surface area contributed by atoms with Crippen molar-refractivity contribution in [2.75, 3.05) is 7.11 Å². The number of benzene rings is 1. The highest BCUT2D eigenvalue weighted by Crippen LogP contribution is 2.19. The molecular formula is C13H12O3. The molecule has 0 aliphatic heterocycles. The van der Waals surface area contributed by atoms with E-state index in [1.165, 1.54) is 12.5 Å². The third kappa shape index (κ3) is 2.14. The standard InChI is InChI=1S/C13H12O3/c1-15-13-5-3-2-4-10(13)8-12(14)11-6-7-16-9-11/h2-7,9H,8H2,1H3. The Morgan fingerprint density at radius 1 is 1.31 bits per heavy atom. The molecule has 0 N–H and O–H groups in total. The van der Waals surface area contributed by atoms with Crippen molar-refractivity contribution in [1.82, 2.24) is 0 Å². The van der Waals surface area contributed by atoms with Crippen LogP contribution in [0.2, 0.25) is 0 Å². The summed E-state index contributed by atoms with van der Waals surface area (Å²) in [5.41, 5.74) is 1.47. The molecule has 0 bridgehead atoms. The summed E-state index contributed by atoms with van der Waals surface area (Å²) in [7, 11) is 1.60. The van der Waals surface area contributed by atoms with Gasteiger partial charge in [0.1, 0.15) is 12.0 Å². The molecule has 0 fully saturated rings. The zero-order chi connectivity index (χ0) is 11.4. The quantitative estimate of drug-likeness (QED) is 0.737. The molecule has 16 heavy (non-hydrogen) atoms. The Morgan fingerprint density at radius 2 is 2.12 bits per heavy atom. The first-order valence-corrected chi connectivity index (χ1v) is 4.98. The molecule has 3 heteroatoms. The number of hydrogen-bond donors (Lipinski definition) is 0. The maximum absolute atomic E-state index is 11.8. The summed E-state index contributed by atoms with van der Waals surface area (Å²) in [6.07, 6.45) is 3.27. The van der Waals surface area contributed by atoms with Crippen LogP contribution in [-0.2, 0) is 6.42 Å². The molecule has 0 aliphatic carbocycles. The smallest absolute Gasteiger partial charge is 0.170 e. The zero-order valence-corrected chi connectivity index (χ0v) is 8.97. The topological polar surface area (TPSA) is 39.4 Å². The van der Waals surface area contributed by atoms with Gasteiger partial charge in [-0.3, -0.25) is 4.79 Å². The fourth-order valence-corrected chi connectivity index (χ4v) is 1.55. The van der Waals surface area contributed by atoms with Gasteiger partial charge in [0.05, 0.1) is 18.9 Å². The largest absolute Gasteiger partial charge is 0.496 e. The summed E-state index contributed by atoms with van der Waals surface area (Å²) in [4.78, 5) is 11.8. The van der Waals surface area contributed by atoms with Crippen LogP contribution in [-0.4, -0.2) is 12.9 Å². The first kappa shape index (κ1) is 10.5. The normalized spacial score (nSPS) is 10.1. The van der Waals surface area contributed by atoms with Crippen LogP contribution >= 0.6 is 0 Å². The van der Waals surface area contributed by atoms with E-state index in [1.54, 1.807) is 13.2 Å². The van der Waals surface area contributed by atoms with Gasteiger partial charge in [-0.1, -0.05) is 18.2 Å². The van der Waals surface area contributed by atoms with Crippen molar-refractivity contribution in [3.05, 3.63) is 54.0 Å². The van der Waals surface area contributed by atoms with Gasteiger partial charge >= 0.3 is 0 Å². The fraction of sp³-hybridized carbons (Fsp3) is 0.154. The van der Waals surface area contributed by atoms with E-state index < -0.39 is 0 Å². The molecule has 82 valence electrons. The summed E-state index contributed by atoms with van der Waals surface area (Å²) in [6, 6.07) is 9.16. The van der Waals surface area contributed by atoms with Gasteiger partial charge in [0.15, 0.2) is 5.78 Å². The molecule has 0 spiro atoms. The average molecular weight is 216 g/mol. The van der Waals surface area contributed by atoms with E-state index in [4.69, 9.17) is 9.15 Å². The van der Waals surface area contributed by atoms with Crippen molar-refractivity contribution in [2.45, 2.75) is 6.42 Å². The summed E-state index contributed by atoms with van der Waals surface area (Å²) in [6.45, 7) is 0. The predicted octanol–water partition coefficient (Wildman–Crippen LogP) is 2.71. The number of para-hydroxylation sites is 1. The number of Topliss-reactive ketones (excluding diaryl/α,β-unsaturated/α-hetero) is 1. The summed E-state index contributed by atoms with van der Waals surface area (Å²) < 4.78 is 10.1. The van der Waals surface area contributed by atoms with Crippen molar-refractivity contribution >= 4 is 5.78 Å². The van der Waals surface area contributed by atoms with Crippen molar-refractivity contribution < 1.29 is 13.9 Å². The maximum Gasteiger partial charge on any atom is 0.170 e. The summed E-state index contributed by atoms with van der Waals surface area (Å²) >= 11 is 0. The Labute approximate surface area is 93.7 Å². The Morgan fingerprint density at radius 3 is 2.81 bits per heavy atom. The second kappa shape index (κ2) is 4.66. The maximum atomic E-state index is 11.8. The first-order valence-electron chi connectivity index (χ1n) is 4.98. The van der Waals surface area contributed by atoms with Crippen LogP contribution in [0.1, 0.15) is 15.9 Å². The van der Waals surface area contributed by atoms with Gasteiger partial charge in [-0.2, -0.15) is 0 Å². The van der Waals surface area contributed by atoms with Crippen LogP contribution < -0.4 is 4.74 Å². The average Bonchev–Trinajstić information content (AvgIpc) is 2.83. The third-order valence-electron chi connectivity index (χ3n) is 2.39. The number of hydrogen-bond acceptors (Lipinski definition) is 3. The van der Waals surface area contributed by atoms with Crippen LogP contribution in [0.4, 0.5) is 0 Å². The number of furan rings is 1. The molecule has 1 aromatic heterocycles. The van der Waals surface area contributed by atoms with Gasteiger partial charge in [-0.05, 0) is 12.1 Å². The summed E-state index contributed by atoms with van der Waals surface area (Å²) in [5, 5.41) is 0. The molecule has 0 saturated carbocycles. The number of rotatable bonds is 4. The zero-order valence-electron chi connectivity index (χ0n) is 8.97. The van der Waals surface area contributed by atoms with E-state index in [0.29, 0.717) is 12.0 Å². The van der Waals surface area contributed by atoms with Gasteiger partial charge in [0, 0.05) is 12.0 Å². The lowest BCUT2D eigenvalue weighted by atomic mass is 10.0. The Bertz CT molecular complexity index is 472. The second-order valence-electron chi connectivity index (χ2n) is 3.42. The third-order valence-corrected chi connectivity index (χ3v) is 2.39. The lowest BCUT2D eigenvalue weighted by Gasteiger charge is -2.06. The van der Waals surface area contributed by atoms with Crippen LogP contribution in [0.5, 0.6) is 5.75 Å². The highest BCUT2D eigenvalue weighted by atomic mass is 16.5. The van der Waals surface area contributed by atoms with Crippen LogP contribution in [0.15, 0.2) is 47.3 Å². The molecule has 1 aromatic carbocycles. The minimum absolute atomic E-state index is 0.0262. The Balaban J connectivity index is 2.18.